The van der Waals surface area contributed by atoms with Gasteiger partial charge in [-0.2, -0.15) is 0 Å². The van der Waals surface area contributed by atoms with Gasteiger partial charge in [-0.15, -0.1) is 0 Å². The Morgan fingerprint density at radius 2 is 1.91 bits per heavy atom. The largest absolute Gasteiger partial charge is 0.389 e. The smallest absolute Gasteiger partial charge is 0.166 e. The molecule has 0 radical (unpaired) electrons. The summed E-state index contributed by atoms with van der Waals surface area (Å²) in [6.07, 6.45) is 1.42. The zero-order valence-corrected chi connectivity index (χ0v) is 13.6. The maximum atomic E-state index is 12.4. The number of β-amino-alcohol motifs (C(OH)–C–C–N with tert-alkyl or cyclic N) is 1. The topological polar surface area (TPSA) is 49.8 Å². The number of aliphatic hydroxyl groups excluding tert-OH is 1. The number of hydrogen-bond donors (Lipinski definition) is 1. The first-order chi connectivity index (χ1) is 10.6. The third kappa shape index (κ3) is 5.20. The molecule has 1 atom stereocenters. The molecule has 1 saturated heterocycles. The normalized spacial score (nSPS) is 18.5. The summed E-state index contributed by atoms with van der Waals surface area (Å²) in [5.74, 6) is 0.367. The molecular formula is C18H27NO3. The van der Waals surface area contributed by atoms with E-state index in [0.717, 1.165) is 31.5 Å². The fourth-order valence-corrected chi connectivity index (χ4v) is 2.87. The number of hydrogen-bond acceptors (Lipinski definition) is 4. The average Bonchev–Trinajstić information content (AvgIpc) is 2.54. The highest BCUT2D eigenvalue weighted by molar-refractivity contribution is 5.97. The van der Waals surface area contributed by atoms with Gasteiger partial charge in [0.15, 0.2) is 5.78 Å². The number of ether oxygens (including phenoxy) is 1. The first-order valence-electron chi connectivity index (χ1n) is 8.17. The average molecular weight is 305 g/mol. The van der Waals surface area contributed by atoms with Crippen LogP contribution in [0.15, 0.2) is 30.3 Å². The van der Waals surface area contributed by atoms with Gasteiger partial charge in [-0.1, -0.05) is 30.3 Å². The summed E-state index contributed by atoms with van der Waals surface area (Å²) < 4.78 is 5.43. The first-order valence-corrected chi connectivity index (χ1v) is 8.17. The molecule has 0 saturated carbocycles. The van der Waals surface area contributed by atoms with E-state index in [-0.39, 0.29) is 17.8 Å². The second kappa shape index (κ2) is 8.42. The molecule has 0 aliphatic carbocycles. The minimum Gasteiger partial charge on any atom is -0.389 e. The third-order valence-corrected chi connectivity index (χ3v) is 4.11. The molecule has 1 aromatic rings. The van der Waals surface area contributed by atoms with Crippen LogP contribution in [0.3, 0.4) is 0 Å². The van der Waals surface area contributed by atoms with Crippen molar-refractivity contribution in [1.29, 1.82) is 0 Å². The van der Waals surface area contributed by atoms with Crippen molar-refractivity contribution < 1.29 is 14.6 Å². The minimum atomic E-state index is -0.455. The van der Waals surface area contributed by atoms with Gasteiger partial charge in [0.25, 0.3) is 0 Å². The highest BCUT2D eigenvalue weighted by Gasteiger charge is 2.26. The SMILES string of the molecule is CC(C)OCC(O)CN1CCC(C(=O)c2ccccc2)CC1. The molecule has 1 fully saturated rings. The van der Waals surface area contributed by atoms with Crippen LogP contribution in [-0.2, 0) is 4.74 Å². The van der Waals surface area contributed by atoms with Gasteiger partial charge >= 0.3 is 0 Å². The fourth-order valence-electron chi connectivity index (χ4n) is 2.87. The van der Waals surface area contributed by atoms with E-state index in [4.69, 9.17) is 4.74 Å². The molecule has 0 aromatic heterocycles. The second-order valence-electron chi connectivity index (χ2n) is 6.34. The molecule has 4 heteroatoms. The molecule has 22 heavy (non-hydrogen) atoms. The van der Waals surface area contributed by atoms with Crippen LogP contribution in [0.4, 0.5) is 0 Å². The number of ketones is 1. The fraction of sp³-hybridized carbons (Fsp3) is 0.611. The number of aliphatic hydroxyl groups is 1. The summed E-state index contributed by atoms with van der Waals surface area (Å²) in [4.78, 5) is 14.6. The van der Waals surface area contributed by atoms with Gasteiger partial charge in [-0.3, -0.25) is 4.79 Å². The van der Waals surface area contributed by atoms with Gasteiger partial charge in [0.2, 0.25) is 0 Å². The standard InChI is InChI=1S/C18H27NO3/c1-14(2)22-13-17(20)12-19-10-8-16(9-11-19)18(21)15-6-4-3-5-7-15/h3-7,14,16-17,20H,8-13H2,1-2H3. The van der Waals surface area contributed by atoms with Crippen LogP contribution in [0.25, 0.3) is 0 Å². The maximum Gasteiger partial charge on any atom is 0.166 e. The Balaban J connectivity index is 1.75. The van der Waals surface area contributed by atoms with Crippen molar-refractivity contribution >= 4 is 5.78 Å². The van der Waals surface area contributed by atoms with E-state index in [9.17, 15) is 9.90 Å². The van der Waals surface area contributed by atoms with Crippen LogP contribution >= 0.6 is 0 Å². The van der Waals surface area contributed by atoms with Crippen LogP contribution in [0, 0.1) is 5.92 Å². The number of Topliss-reactive ketones (excluding diaryl/α,β-unsaturated/α-hetero) is 1. The second-order valence-corrected chi connectivity index (χ2v) is 6.34. The lowest BCUT2D eigenvalue weighted by molar-refractivity contribution is -0.0120. The summed E-state index contributed by atoms with van der Waals surface area (Å²) in [6, 6.07) is 9.53. The van der Waals surface area contributed by atoms with Gasteiger partial charge in [-0.25, -0.2) is 0 Å². The summed E-state index contributed by atoms with van der Waals surface area (Å²) in [7, 11) is 0. The Bertz CT molecular complexity index is 453. The van der Waals surface area contributed by atoms with Crippen molar-refractivity contribution in [3.8, 4) is 0 Å². The molecule has 1 unspecified atom stereocenters. The minimum absolute atomic E-state index is 0.114. The Labute approximate surface area is 133 Å². The molecule has 0 bridgehead atoms. The number of nitrogens with zero attached hydrogens (tertiary/aromatic N) is 1. The van der Waals surface area contributed by atoms with Crippen LogP contribution < -0.4 is 0 Å². The number of rotatable bonds is 7. The zero-order valence-electron chi connectivity index (χ0n) is 13.6. The Kier molecular flexibility index (Phi) is 6.55. The maximum absolute atomic E-state index is 12.4. The molecular weight excluding hydrogens is 278 g/mol. The van der Waals surface area contributed by atoms with E-state index in [1.54, 1.807) is 0 Å². The Morgan fingerprint density at radius 3 is 2.50 bits per heavy atom. The summed E-state index contributed by atoms with van der Waals surface area (Å²) in [6.45, 7) is 6.66. The van der Waals surface area contributed by atoms with Gasteiger partial charge in [-0.05, 0) is 39.8 Å². The lowest BCUT2D eigenvalue weighted by atomic mass is 9.89. The predicted molar refractivity (Wildman–Crippen MR) is 87.0 cm³/mol. The van der Waals surface area contributed by atoms with Gasteiger partial charge in [0, 0.05) is 18.0 Å². The monoisotopic (exact) mass is 305 g/mol. The van der Waals surface area contributed by atoms with E-state index in [1.807, 2.05) is 44.2 Å². The van der Waals surface area contributed by atoms with Crippen LogP contribution in [0.5, 0.6) is 0 Å². The molecule has 1 aromatic carbocycles. The first kappa shape index (κ1) is 17.1. The van der Waals surface area contributed by atoms with Gasteiger partial charge < -0.3 is 14.7 Å². The number of likely N-dealkylation sites (tertiary alicyclic amines) is 1. The van der Waals surface area contributed by atoms with Crippen molar-refractivity contribution in [2.45, 2.75) is 38.9 Å². The number of piperidine rings is 1. The van der Waals surface area contributed by atoms with Crippen LogP contribution in [0.1, 0.15) is 37.0 Å². The van der Waals surface area contributed by atoms with E-state index in [0.29, 0.717) is 13.2 Å². The van der Waals surface area contributed by atoms with Crippen molar-refractivity contribution in [2.75, 3.05) is 26.2 Å². The van der Waals surface area contributed by atoms with E-state index < -0.39 is 6.10 Å². The predicted octanol–water partition coefficient (Wildman–Crippen LogP) is 2.37. The van der Waals surface area contributed by atoms with E-state index in [2.05, 4.69) is 4.90 Å². The van der Waals surface area contributed by atoms with Crippen LogP contribution in [-0.4, -0.2) is 54.2 Å². The zero-order chi connectivity index (χ0) is 15.9. The molecule has 1 heterocycles. The Morgan fingerprint density at radius 1 is 1.27 bits per heavy atom. The van der Waals surface area contributed by atoms with Gasteiger partial charge in [0.05, 0.1) is 18.8 Å². The summed E-state index contributed by atoms with van der Waals surface area (Å²) >= 11 is 0. The molecule has 0 amide bonds. The van der Waals surface area contributed by atoms with Crippen molar-refractivity contribution in [3.05, 3.63) is 35.9 Å². The third-order valence-electron chi connectivity index (χ3n) is 4.11. The molecule has 1 aliphatic heterocycles. The highest BCUT2D eigenvalue weighted by Crippen LogP contribution is 2.21. The molecule has 122 valence electrons. The van der Waals surface area contributed by atoms with Crippen molar-refractivity contribution in [2.24, 2.45) is 5.92 Å². The number of carbonyl (C=O) groups is 1. The summed E-state index contributed by atoms with van der Waals surface area (Å²) in [5.41, 5.74) is 0.811. The van der Waals surface area contributed by atoms with E-state index >= 15 is 0 Å². The van der Waals surface area contributed by atoms with E-state index in [1.165, 1.54) is 0 Å². The molecule has 1 aliphatic rings. The molecule has 1 N–H and O–H groups in total. The lowest BCUT2D eigenvalue weighted by Gasteiger charge is -2.32. The number of carbonyl (C=O) groups excluding carboxylic acids is 1. The summed E-state index contributed by atoms with van der Waals surface area (Å²) in [5, 5.41) is 9.97. The highest BCUT2D eigenvalue weighted by atomic mass is 16.5. The molecule has 4 nitrogen and oxygen atoms in total. The van der Waals surface area contributed by atoms with Crippen molar-refractivity contribution in [1.82, 2.24) is 4.90 Å². The van der Waals surface area contributed by atoms with Gasteiger partial charge in [0.1, 0.15) is 0 Å². The lowest BCUT2D eigenvalue weighted by Crippen LogP contribution is -2.41. The van der Waals surface area contributed by atoms with Crippen molar-refractivity contribution in [3.63, 3.8) is 0 Å². The molecule has 2 rings (SSSR count). The van der Waals surface area contributed by atoms with Crippen LogP contribution in [0.2, 0.25) is 0 Å². The molecule has 0 spiro atoms. The quantitative estimate of drug-likeness (QED) is 0.786. The Hall–Kier alpha value is -1.23. The number of benzene rings is 1.